The number of rotatable bonds is 5. The van der Waals surface area contributed by atoms with Crippen molar-refractivity contribution in [2.75, 3.05) is 52.5 Å². The highest BCUT2D eigenvalue weighted by Crippen LogP contribution is 2.39. The van der Waals surface area contributed by atoms with E-state index < -0.39 is 5.60 Å². The summed E-state index contributed by atoms with van der Waals surface area (Å²) in [6, 6.07) is 0. The monoisotopic (exact) mass is 436 g/mol. The topological polar surface area (TPSA) is 54.4 Å². The Bertz CT molecular complexity index is 641. The van der Waals surface area contributed by atoms with Crippen molar-refractivity contribution < 1.29 is 19.3 Å². The molecule has 3 aliphatic rings. The number of likely N-dealkylation sites (tertiary alicyclic amines) is 1. The molecule has 0 amide bonds. The predicted octanol–water partition coefficient (Wildman–Crippen LogP) is 2.68. The Morgan fingerprint density at radius 2 is 1.65 bits per heavy atom. The lowest BCUT2D eigenvalue weighted by Crippen LogP contribution is -2.61. The van der Waals surface area contributed by atoms with Gasteiger partial charge in [0.25, 0.3) is 0 Å². The van der Waals surface area contributed by atoms with Crippen molar-refractivity contribution >= 4 is 0 Å². The van der Waals surface area contributed by atoms with E-state index in [-0.39, 0.29) is 22.9 Å². The quantitative estimate of drug-likeness (QED) is 0.669. The fourth-order valence-corrected chi connectivity index (χ4v) is 4.87. The second kappa shape index (κ2) is 9.67. The Balaban J connectivity index is 1.39. The minimum atomic E-state index is -0.593. The van der Waals surface area contributed by atoms with Crippen molar-refractivity contribution in [1.29, 1.82) is 0 Å². The standard InChI is InChI=1S/C25H44N2O4/c1-22(2,3)29-15-8-7-11-26-14-16-30-25(20-26)9-12-27(13-10-25)19-24(28)17-21(18-24)31-23(4,5)6/h21,28H,9-20H2,1-6H3. The summed E-state index contributed by atoms with van der Waals surface area (Å²) < 4.78 is 18.0. The fraction of sp³-hybridized carbons (Fsp3) is 0.920. The minimum absolute atomic E-state index is 0.0571. The van der Waals surface area contributed by atoms with Gasteiger partial charge in [0.2, 0.25) is 0 Å². The maximum atomic E-state index is 10.9. The molecule has 0 bridgehead atoms. The minimum Gasteiger partial charge on any atom is -0.388 e. The molecule has 178 valence electrons. The Hall–Kier alpha value is -0.680. The molecular weight excluding hydrogens is 392 g/mol. The van der Waals surface area contributed by atoms with Crippen molar-refractivity contribution in [1.82, 2.24) is 9.80 Å². The zero-order valence-corrected chi connectivity index (χ0v) is 20.6. The van der Waals surface area contributed by atoms with E-state index in [9.17, 15) is 5.11 Å². The summed E-state index contributed by atoms with van der Waals surface area (Å²) in [4.78, 5) is 4.82. The van der Waals surface area contributed by atoms with Crippen LogP contribution in [-0.4, -0.2) is 95.9 Å². The van der Waals surface area contributed by atoms with E-state index in [4.69, 9.17) is 14.2 Å². The first-order chi connectivity index (χ1) is 14.4. The first-order valence-electron chi connectivity index (χ1n) is 11.9. The molecule has 6 heteroatoms. The van der Waals surface area contributed by atoms with Crippen molar-refractivity contribution in [3.8, 4) is 11.8 Å². The first-order valence-corrected chi connectivity index (χ1v) is 11.9. The van der Waals surface area contributed by atoms with Gasteiger partial charge >= 0.3 is 0 Å². The van der Waals surface area contributed by atoms with Crippen LogP contribution in [0.1, 0.15) is 67.2 Å². The van der Waals surface area contributed by atoms with Gasteiger partial charge in [0.1, 0.15) is 6.61 Å². The molecule has 1 N–H and O–H groups in total. The average molecular weight is 437 g/mol. The Morgan fingerprint density at radius 1 is 0.968 bits per heavy atom. The highest BCUT2D eigenvalue weighted by atomic mass is 16.5. The number of piperidine rings is 1. The highest BCUT2D eigenvalue weighted by molar-refractivity contribution is 5.04. The van der Waals surface area contributed by atoms with E-state index in [1.54, 1.807) is 0 Å². The van der Waals surface area contributed by atoms with Crippen molar-refractivity contribution in [2.24, 2.45) is 0 Å². The molecule has 0 aromatic carbocycles. The Kier molecular flexibility index (Phi) is 7.78. The number of morpholine rings is 1. The third kappa shape index (κ3) is 7.99. The fourth-order valence-electron chi connectivity index (χ4n) is 4.87. The van der Waals surface area contributed by atoms with Crippen molar-refractivity contribution in [3.05, 3.63) is 0 Å². The normalized spacial score (nSPS) is 30.0. The second-order valence-electron chi connectivity index (χ2n) is 11.8. The third-order valence-electron chi connectivity index (χ3n) is 6.35. The van der Waals surface area contributed by atoms with Crippen LogP contribution >= 0.6 is 0 Å². The van der Waals surface area contributed by atoms with Gasteiger partial charge in [-0.3, -0.25) is 4.90 Å². The number of hydrogen-bond donors (Lipinski definition) is 1. The van der Waals surface area contributed by atoms with Gasteiger partial charge in [-0.15, -0.1) is 0 Å². The number of nitrogens with zero attached hydrogens (tertiary/aromatic N) is 2. The summed E-state index contributed by atoms with van der Waals surface area (Å²) in [5.41, 5.74) is -0.931. The largest absolute Gasteiger partial charge is 0.388 e. The summed E-state index contributed by atoms with van der Waals surface area (Å²) in [5, 5.41) is 10.9. The molecule has 3 fully saturated rings. The molecule has 2 saturated heterocycles. The predicted molar refractivity (Wildman–Crippen MR) is 123 cm³/mol. The summed E-state index contributed by atoms with van der Waals surface area (Å²) in [7, 11) is 0. The molecule has 31 heavy (non-hydrogen) atoms. The molecule has 0 unspecified atom stereocenters. The maximum absolute atomic E-state index is 10.9. The number of hydrogen-bond acceptors (Lipinski definition) is 6. The number of β-amino-alcohol motifs (C(OH)–C–C–N with tert-alkyl or cyclic N) is 1. The Morgan fingerprint density at radius 3 is 2.26 bits per heavy atom. The van der Waals surface area contributed by atoms with Gasteiger partial charge in [-0.1, -0.05) is 11.8 Å². The second-order valence-corrected chi connectivity index (χ2v) is 11.8. The van der Waals surface area contributed by atoms with Crippen molar-refractivity contribution in [2.45, 2.75) is 95.7 Å². The molecule has 6 nitrogen and oxygen atoms in total. The van der Waals surface area contributed by atoms with Crippen LogP contribution in [0.2, 0.25) is 0 Å². The van der Waals surface area contributed by atoms with Crippen LogP contribution in [-0.2, 0) is 14.2 Å². The van der Waals surface area contributed by atoms with Gasteiger partial charge in [0, 0.05) is 45.6 Å². The molecule has 3 rings (SSSR count). The Labute approximate surface area is 189 Å². The summed E-state index contributed by atoms with van der Waals surface area (Å²) in [6.07, 6.45) is 3.71. The van der Waals surface area contributed by atoms with Crippen LogP contribution in [0.15, 0.2) is 0 Å². The van der Waals surface area contributed by atoms with E-state index in [0.29, 0.717) is 6.61 Å². The molecular formula is C25H44N2O4. The zero-order valence-electron chi connectivity index (χ0n) is 20.6. The van der Waals surface area contributed by atoms with Crippen molar-refractivity contribution in [3.63, 3.8) is 0 Å². The molecule has 0 aromatic rings. The van der Waals surface area contributed by atoms with E-state index in [2.05, 4.69) is 42.4 Å². The smallest absolute Gasteiger partial charge is 0.108 e. The zero-order chi connectivity index (χ0) is 22.8. The highest BCUT2D eigenvalue weighted by Gasteiger charge is 2.47. The SMILES string of the molecule is CC(C)(C)OCC#CCN1CCOC2(CCN(CC3(O)CC(OC(C)(C)C)C3)CC2)C1. The summed E-state index contributed by atoms with van der Waals surface area (Å²) in [5.74, 6) is 6.41. The van der Waals surface area contributed by atoms with Gasteiger partial charge in [0.15, 0.2) is 0 Å². The first kappa shape index (κ1) is 25.0. The van der Waals surface area contributed by atoms with E-state index in [1.165, 1.54) is 0 Å². The van der Waals surface area contributed by atoms with Gasteiger partial charge in [-0.25, -0.2) is 0 Å². The van der Waals surface area contributed by atoms with Crippen LogP contribution in [0.4, 0.5) is 0 Å². The molecule has 1 aliphatic carbocycles. The van der Waals surface area contributed by atoms with Crippen LogP contribution < -0.4 is 0 Å². The maximum Gasteiger partial charge on any atom is 0.108 e. The number of ether oxygens (including phenoxy) is 3. The lowest BCUT2D eigenvalue weighted by molar-refractivity contribution is -0.190. The van der Waals surface area contributed by atoms with Crippen LogP contribution in [0.25, 0.3) is 0 Å². The molecule has 2 heterocycles. The molecule has 1 saturated carbocycles. The summed E-state index contributed by atoms with van der Waals surface area (Å²) in [6.45, 7) is 19.0. The summed E-state index contributed by atoms with van der Waals surface area (Å²) >= 11 is 0. The van der Waals surface area contributed by atoms with E-state index in [1.807, 2.05) is 20.8 Å². The molecule has 1 spiro atoms. The average Bonchev–Trinajstić information content (AvgIpc) is 2.60. The molecule has 0 atom stereocenters. The van der Waals surface area contributed by atoms with Gasteiger partial charge < -0.3 is 24.2 Å². The van der Waals surface area contributed by atoms with E-state index >= 15 is 0 Å². The van der Waals surface area contributed by atoms with Gasteiger partial charge in [-0.2, -0.15) is 0 Å². The van der Waals surface area contributed by atoms with Crippen LogP contribution in [0, 0.1) is 11.8 Å². The molecule has 0 aromatic heterocycles. The molecule has 0 radical (unpaired) electrons. The lowest BCUT2D eigenvalue weighted by Gasteiger charge is -2.51. The third-order valence-corrected chi connectivity index (χ3v) is 6.35. The van der Waals surface area contributed by atoms with Gasteiger partial charge in [0.05, 0.1) is 41.7 Å². The lowest BCUT2D eigenvalue weighted by atomic mass is 9.76. The van der Waals surface area contributed by atoms with Gasteiger partial charge in [-0.05, 0) is 54.4 Å². The van der Waals surface area contributed by atoms with E-state index in [0.717, 1.165) is 71.6 Å². The van der Waals surface area contributed by atoms with Crippen LogP contribution in [0.3, 0.4) is 0 Å². The number of aliphatic hydroxyl groups is 1. The van der Waals surface area contributed by atoms with Crippen LogP contribution in [0.5, 0.6) is 0 Å². The molecule has 2 aliphatic heterocycles.